The van der Waals surface area contributed by atoms with E-state index in [-0.39, 0.29) is 5.91 Å². The Hall–Kier alpha value is -3.09. The molecule has 0 atom stereocenters. The molecule has 4 rings (SSSR count). The molecule has 2 aromatic rings. The van der Waals surface area contributed by atoms with Crippen molar-refractivity contribution in [2.45, 2.75) is 44.3 Å². The van der Waals surface area contributed by atoms with Gasteiger partial charge >= 0.3 is 0 Å². The monoisotopic (exact) mass is 413 g/mol. The van der Waals surface area contributed by atoms with Gasteiger partial charge in [0.05, 0.1) is 21.3 Å². The lowest BCUT2D eigenvalue weighted by Gasteiger charge is -2.21. The second-order valence-corrected chi connectivity index (χ2v) is 7.57. The summed E-state index contributed by atoms with van der Waals surface area (Å²) < 4.78 is 28.2. The third kappa shape index (κ3) is 3.97. The molecule has 0 bridgehead atoms. The molecule has 7 nitrogen and oxygen atoms in total. The molecule has 1 N–H and O–H groups in total. The molecule has 30 heavy (non-hydrogen) atoms. The SMILES string of the molecule is COc1cc(CCC(=O)Nc2ccc3c(c2)OC2(CCCC2)O3)cc(OC)c1OC. The Kier molecular flexibility index (Phi) is 5.61. The number of carbonyl (C=O) groups excluding carboxylic acids is 1. The summed E-state index contributed by atoms with van der Waals surface area (Å²) in [5.41, 5.74) is 1.62. The highest BCUT2D eigenvalue weighted by Crippen LogP contribution is 2.47. The lowest BCUT2D eigenvalue weighted by atomic mass is 10.1. The number of aryl methyl sites for hydroxylation is 1. The Labute approximate surface area is 176 Å². The molecule has 2 aliphatic rings. The third-order valence-electron chi connectivity index (χ3n) is 5.55. The zero-order chi connectivity index (χ0) is 21.1. The summed E-state index contributed by atoms with van der Waals surface area (Å²) in [6.45, 7) is 0. The highest BCUT2D eigenvalue weighted by molar-refractivity contribution is 5.91. The van der Waals surface area contributed by atoms with Gasteiger partial charge in [0.15, 0.2) is 23.0 Å². The molecule has 2 aromatic carbocycles. The van der Waals surface area contributed by atoms with Crippen LogP contribution in [0.4, 0.5) is 5.69 Å². The highest BCUT2D eigenvalue weighted by atomic mass is 16.7. The standard InChI is InChI=1S/C23H27NO6/c1-26-19-12-15(13-20(27-2)22(19)28-3)6-9-21(25)24-16-7-8-17-18(14-16)30-23(29-17)10-4-5-11-23/h7-8,12-14H,4-6,9-11H2,1-3H3,(H,24,25). The predicted octanol–water partition coefficient (Wildman–Crippen LogP) is 4.33. The Bertz CT molecular complexity index is 910. The van der Waals surface area contributed by atoms with Gasteiger partial charge in [0, 0.05) is 31.0 Å². The molecule has 1 aliphatic carbocycles. The minimum atomic E-state index is -0.503. The van der Waals surface area contributed by atoms with E-state index in [1.807, 2.05) is 30.3 Å². The largest absolute Gasteiger partial charge is 0.493 e. The van der Waals surface area contributed by atoms with E-state index in [0.717, 1.165) is 37.0 Å². The number of hydrogen-bond acceptors (Lipinski definition) is 6. The molecule has 1 heterocycles. The molecule has 1 amide bonds. The van der Waals surface area contributed by atoms with Gasteiger partial charge in [-0.2, -0.15) is 0 Å². The van der Waals surface area contributed by atoms with Gasteiger partial charge in [0.25, 0.3) is 5.79 Å². The highest BCUT2D eigenvalue weighted by Gasteiger charge is 2.44. The molecule has 0 aromatic heterocycles. The van der Waals surface area contributed by atoms with Gasteiger partial charge in [-0.05, 0) is 49.1 Å². The first-order chi connectivity index (χ1) is 14.6. The second kappa shape index (κ2) is 8.34. The minimum absolute atomic E-state index is 0.0850. The number of rotatable bonds is 7. The molecule has 1 spiro atoms. The van der Waals surface area contributed by atoms with Crippen molar-refractivity contribution < 1.29 is 28.5 Å². The number of carbonyl (C=O) groups is 1. The van der Waals surface area contributed by atoms with E-state index in [4.69, 9.17) is 23.7 Å². The molecule has 1 aliphatic heterocycles. The average molecular weight is 413 g/mol. The van der Waals surface area contributed by atoms with Crippen molar-refractivity contribution in [2.24, 2.45) is 0 Å². The first-order valence-corrected chi connectivity index (χ1v) is 10.2. The summed E-state index contributed by atoms with van der Waals surface area (Å²) >= 11 is 0. The van der Waals surface area contributed by atoms with Crippen LogP contribution in [-0.4, -0.2) is 33.0 Å². The van der Waals surface area contributed by atoms with Crippen LogP contribution in [0.2, 0.25) is 0 Å². The molecule has 160 valence electrons. The van der Waals surface area contributed by atoms with Gasteiger partial charge in [0.1, 0.15) is 0 Å². The normalized spacial score (nSPS) is 15.8. The molecule has 0 unspecified atom stereocenters. The van der Waals surface area contributed by atoms with Crippen molar-refractivity contribution in [2.75, 3.05) is 26.6 Å². The van der Waals surface area contributed by atoms with Crippen LogP contribution in [0.3, 0.4) is 0 Å². The molecule has 0 saturated heterocycles. The zero-order valence-corrected chi connectivity index (χ0v) is 17.6. The maximum atomic E-state index is 12.5. The topological polar surface area (TPSA) is 75.3 Å². The number of benzene rings is 2. The fourth-order valence-corrected chi connectivity index (χ4v) is 4.05. The Balaban J connectivity index is 1.38. The van der Waals surface area contributed by atoms with Crippen molar-refractivity contribution >= 4 is 11.6 Å². The molecule has 7 heteroatoms. The van der Waals surface area contributed by atoms with Crippen LogP contribution in [0, 0.1) is 0 Å². The summed E-state index contributed by atoms with van der Waals surface area (Å²) in [7, 11) is 4.71. The number of fused-ring (bicyclic) bond motifs is 1. The first kappa shape index (κ1) is 20.2. The van der Waals surface area contributed by atoms with Gasteiger partial charge in [0.2, 0.25) is 11.7 Å². The quantitative estimate of drug-likeness (QED) is 0.728. The lowest BCUT2D eigenvalue weighted by Crippen LogP contribution is -2.34. The van der Waals surface area contributed by atoms with Crippen molar-refractivity contribution in [3.8, 4) is 28.7 Å². The first-order valence-electron chi connectivity index (χ1n) is 10.2. The summed E-state index contributed by atoms with van der Waals surface area (Å²) in [6, 6.07) is 9.25. The number of hydrogen-bond donors (Lipinski definition) is 1. The molecule has 1 saturated carbocycles. The second-order valence-electron chi connectivity index (χ2n) is 7.57. The van der Waals surface area contributed by atoms with E-state index in [1.54, 1.807) is 21.3 Å². The summed E-state index contributed by atoms with van der Waals surface area (Å²) in [4.78, 5) is 12.5. The fraction of sp³-hybridized carbons (Fsp3) is 0.435. The van der Waals surface area contributed by atoms with Crippen molar-refractivity contribution in [1.82, 2.24) is 0 Å². The zero-order valence-electron chi connectivity index (χ0n) is 17.6. The molecular weight excluding hydrogens is 386 g/mol. The number of anilines is 1. The van der Waals surface area contributed by atoms with E-state index in [0.29, 0.717) is 41.5 Å². The van der Waals surface area contributed by atoms with Crippen LogP contribution in [0.5, 0.6) is 28.7 Å². The van der Waals surface area contributed by atoms with Gasteiger partial charge in [-0.25, -0.2) is 0 Å². The Morgan fingerprint density at radius 2 is 1.63 bits per heavy atom. The summed E-state index contributed by atoms with van der Waals surface area (Å²) in [6.07, 6.45) is 4.88. The van der Waals surface area contributed by atoms with Gasteiger partial charge in [-0.1, -0.05) is 0 Å². The van der Waals surface area contributed by atoms with E-state index in [1.165, 1.54) is 0 Å². The Morgan fingerprint density at radius 1 is 0.967 bits per heavy atom. The van der Waals surface area contributed by atoms with Crippen molar-refractivity contribution in [3.63, 3.8) is 0 Å². The van der Waals surface area contributed by atoms with E-state index in [2.05, 4.69) is 5.32 Å². The van der Waals surface area contributed by atoms with Crippen LogP contribution >= 0.6 is 0 Å². The smallest absolute Gasteiger partial charge is 0.251 e. The molecule has 0 radical (unpaired) electrons. The van der Waals surface area contributed by atoms with E-state index in [9.17, 15) is 4.79 Å². The number of nitrogens with one attached hydrogen (secondary N) is 1. The van der Waals surface area contributed by atoms with Crippen LogP contribution in [-0.2, 0) is 11.2 Å². The van der Waals surface area contributed by atoms with Gasteiger partial charge in [-0.3, -0.25) is 4.79 Å². The average Bonchev–Trinajstić information content (AvgIpc) is 3.36. The van der Waals surface area contributed by atoms with Crippen LogP contribution in [0.1, 0.15) is 37.7 Å². The maximum absolute atomic E-state index is 12.5. The summed E-state index contributed by atoms with van der Waals surface area (Å²) in [5.74, 6) is 2.53. The van der Waals surface area contributed by atoms with Crippen molar-refractivity contribution in [3.05, 3.63) is 35.9 Å². The van der Waals surface area contributed by atoms with Crippen LogP contribution in [0.15, 0.2) is 30.3 Å². The van der Waals surface area contributed by atoms with Gasteiger partial charge in [-0.15, -0.1) is 0 Å². The van der Waals surface area contributed by atoms with Crippen LogP contribution in [0.25, 0.3) is 0 Å². The Morgan fingerprint density at radius 3 is 2.27 bits per heavy atom. The van der Waals surface area contributed by atoms with E-state index < -0.39 is 5.79 Å². The molecular formula is C23H27NO6. The number of amides is 1. The molecule has 1 fully saturated rings. The third-order valence-corrected chi connectivity index (χ3v) is 5.55. The minimum Gasteiger partial charge on any atom is -0.493 e. The maximum Gasteiger partial charge on any atom is 0.251 e. The van der Waals surface area contributed by atoms with Crippen molar-refractivity contribution in [1.29, 1.82) is 0 Å². The summed E-state index contributed by atoms with van der Waals surface area (Å²) in [5, 5.41) is 2.94. The fourth-order valence-electron chi connectivity index (χ4n) is 4.05. The number of methoxy groups -OCH3 is 3. The lowest BCUT2D eigenvalue weighted by molar-refractivity contribution is -0.116. The number of ether oxygens (including phenoxy) is 5. The van der Waals surface area contributed by atoms with Gasteiger partial charge < -0.3 is 29.0 Å². The van der Waals surface area contributed by atoms with E-state index >= 15 is 0 Å². The van der Waals surface area contributed by atoms with Crippen LogP contribution < -0.4 is 29.0 Å². The predicted molar refractivity (Wildman–Crippen MR) is 112 cm³/mol.